The molecule has 1 aromatic carbocycles. The first-order valence-electron chi connectivity index (χ1n) is 6.43. The lowest BCUT2D eigenvalue weighted by Gasteiger charge is -2.40. The predicted molar refractivity (Wildman–Crippen MR) is 70.2 cm³/mol. The molecule has 1 aromatic rings. The summed E-state index contributed by atoms with van der Waals surface area (Å²) >= 11 is 0. The van der Waals surface area contributed by atoms with E-state index in [1.807, 2.05) is 18.2 Å². The summed E-state index contributed by atoms with van der Waals surface area (Å²) in [7, 11) is 1.64. The molecule has 0 spiro atoms. The van der Waals surface area contributed by atoms with Crippen LogP contribution in [0.15, 0.2) is 18.2 Å². The molecular formula is C15H20O3. The highest BCUT2D eigenvalue weighted by Crippen LogP contribution is 2.48. The Kier molecular flexibility index (Phi) is 3.33. The number of carboxylic acids is 1. The van der Waals surface area contributed by atoms with Crippen molar-refractivity contribution in [3.63, 3.8) is 0 Å². The molecule has 0 aromatic heterocycles. The van der Waals surface area contributed by atoms with E-state index in [1.165, 1.54) is 0 Å². The van der Waals surface area contributed by atoms with Crippen molar-refractivity contribution in [1.29, 1.82) is 0 Å². The lowest BCUT2D eigenvalue weighted by Crippen LogP contribution is -2.43. The summed E-state index contributed by atoms with van der Waals surface area (Å²) in [6.45, 7) is 4.16. The molecule has 0 atom stereocenters. The highest BCUT2D eigenvalue weighted by molar-refractivity contribution is 5.83. The molecule has 98 valence electrons. The average molecular weight is 248 g/mol. The molecule has 18 heavy (non-hydrogen) atoms. The third-order valence-corrected chi connectivity index (χ3v) is 4.00. The van der Waals surface area contributed by atoms with Crippen molar-refractivity contribution in [2.75, 3.05) is 7.11 Å². The van der Waals surface area contributed by atoms with E-state index in [0.29, 0.717) is 0 Å². The zero-order valence-corrected chi connectivity index (χ0v) is 11.2. The minimum Gasteiger partial charge on any atom is -0.496 e. The number of hydrogen-bond acceptors (Lipinski definition) is 2. The highest BCUT2D eigenvalue weighted by atomic mass is 16.5. The number of carbonyl (C=O) groups is 1. The molecule has 0 saturated heterocycles. The largest absolute Gasteiger partial charge is 0.496 e. The number of carboxylic acid groups (broad SMARTS) is 1. The second-order valence-corrected chi connectivity index (χ2v) is 5.32. The molecule has 0 unspecified atom stereocenters. The zero-order chi connectivity index (χ0) is 13.3. The maximum atomic E-state index is 11.6. The first-order valence-corrected chi connectivity index (χ1v) is 6.43. The first-order chi connectivity index (χ1) is 8.53. The second-order valence-electron chi connectivity index (χ2n) is 5.32. The van der Waals surface area contributed by atoms with E-state index >= 15 is 0 Å². The molecular weight excluding hydrogens is 228 g/mol. The Morgan fingerprint density at radius 1 is 1.39 bits per heavy atom. The summed E-state index contributed by atoms with van der Waals surface area (Å²) in [5.41, 5.74) is 1.30. The van der Waals surface area contributed by atoms with Crippen LogP contribution in [0.3, 0.4) is 0 Å². The Morgan fingerprint density at radius 3 is 2.44 bits per heavy atom. The molecule has 1 aliphatic carbocycles. The molecule has 0 radical (unpaired) electrons. The topological polar surface area (TPSA) is 46.5 Å². The van der Waals surface area contributed by atoms with E-state index in [9.17, 15) is 9.90 Å². The Hall–Kier alpha value is -1.51. The number of ether oxygens (including phenoxy) is 1. The van der Waals surface area contributed by atoms with Crippen molar-refractivity contribution in [1.82, 2.24) is 0 Å². The van der Waals surface area contributed by atoms with Crippen molar-refractivity contribution in [2.24, 2.45) is 0 Å². The summed E-state index contributed by atoms with van der Waals surface area (Å²) in [6.07, 6.45) is 2.45. The molecule has 3 heteroatoms. The second kappa shape index (κ2) is 4.63. The van der Waals surface area contributed by atoms with Gasteiger partial charge < -0.3 is 9.84 Å². The fourth-order valence-corrected chi connectivity index (χ4v) is 2.86. The first kappa shape index (κ1) is 12.9. The van der Waals surface area contributed by atoms with Crippen LogP contribution in [0.1, 0.15) is 50.2 Å². The summed E-state index contributed by atoms with van der Waals surface area (Å²) in [4.78, 5) is 11.6. The van der Waals surface area contributed by atoms with Crippen molar-refractivity contribution >= 4 is 5.97 Å². The van der Waals surface area contributed by atoms with Gasteiger partial charge in [0.2, 0.25) is 0 Å². The minimum absolute atomic E-state index is 0.257. The van der Waals surface area contributed by atoms with E-state index in [1.54, 1.807) is 7.11 Å². The van der Waals surface area contributed by atoms with Crippen LogP contribution in [0.25, 0.3) is 0 Å². The normalized spacial score (nSPS) is 17.3. The molecule has 1 N–H and O–H groups in total. The van der Waals surface area contributed by atoms with Gasteiger partial charge in [0, 0.05) is 5.56 Å². The summed E-state index contributed by atoms with van der Waals surface area (Å²) < 4.78 is 5.40. The quantitative estimate of drug-likeness (QED) is 0.889. The van der Waals surface area contributed by atoms with E-state index in [2.05, 4.69) is 13.8 Å². The standard InChI is InChI=1S/C15H20O3/c1-10(2)13-11(6-4-7-12(13)18-3)15(14(16)17)8-5-9-15/h4,6-7,10H,5,8-9H2,1-3H3,(H,16,17). The van der Waals surface area contributed by atoms with Crippen molar-refractivity contribution in [3.8, 4) is 5.75 Å². The summed E-state index contributed by atoms with van der Waals surface area (Å²) in [5.74, 6) is 0.354. The molecule has 0 heterocycles. The number of aliphatic carboxylic acids is 1. The van der Waals surface area contributed by atoms with E-state index < -0.39 is 11.4 Å². The van der Waals surface area contributed by atoms with Gasteiger partial charge in [-0.15, -0.1) is 0 Å². The van der Waals surface area contributed by atoms with Crippen molar-refractivity contribution in [2.45, 2.75) is 44.4 Å². The van der Waals surface area contributed by atoms with Crippen LogP contribution in [-0.4, -0.2) is 18.2 Å². The third-order valence-electron chi connectivity index (χ3n) is 4.00. The molecule has 0 bridgehead atoms. The van der Waals surface area contributed by atoms with Gasteiger partial charge in [-0.1, -0.05) is 32.4 Å². The van der Waals surface area contributed by atoms with Crippen LogP contribution in [0, 0.1) is 0 Å². The molecule has 1 aliphatic rings. The number of hydrogen-bond donors (Lipinski definition) is 1. The van der Waals surface area contributed by atoms with Gasteiger partial charge >= 0.3 is 5.97 Å². The van der Waals surface area contributed by atoms with Crippen LogP contribution in [0.5, 0.6) is 5.75 Å². The Bertz CT molecular complexity index is 459. The van der Waals surface area contributed by atoms with Crippen LogP contribution in [0.2, 0.25) is 0 Å². The van der Waals surface area contributed by atoms with E-state index in [4.69, 9.17) is 4.74 Å². The Labute approximate surface area is 108 Å². The van der Waals surface area contributed by atoms with Crippen LogP contribution >= 0.6 is 0 Å². The molecule has 3 nitrogen and oxygen atoms in total. The molecule has 0 aliphatic heterocycles. The number of methoxy groups -OCH3 is 1. The Balaban J connectivity index is 2.60. The van der Waals surface area contributed by atoms with Gasteiger partial charge in [0.25, 0.3) is 0 Å². The lowest BCUT2D eigenvalue weighted by atomic mass is 9.62. The maximum absolute atomic E-state index is 11.6. The fraction of sp³-hybridized carbons (Fsp3) is 0.533. The van der Waals surface area contributed by atoms with Gasteiger partial charge in [0.15, 0.2) is 0 Å². The maximum Gasteiger partial charge on any atom is 0.314 e. The molecule has 2 rings (SSSR count). The van der Waals surface area contributed by atoms with E-state index in [0.717, 1.165) is 36.1 Å². The summed E-state index contributed by atoms with van der Waals surface area (Å²) in [5, 5.41) is 9.57. The minimum atomic E-state index is -0.705. The van der Waals surface area contributed by atoms with Gasteiger partial charge in [0.1, 0.15) is 5.75 Å². The van der Waals surface area contributed by atoms with E-state index in [-0.39, 0.29) is 5.92 Å². The van der Waals surface area contributed by atoms with Gasteiger partial charge in [0.05, 0.1) is 12.5 Å². The lowest BCUT2D eigenvalue weighted by molar-refractivity contribution is -0.147. The van der Waals surface area contributed by atoms with Gasteiger partial charge in [-0.3, -0.25) is 4.79 Å². The van der Waals surface area contributed by atoms with Crippen LogP contribution in [-0.2, 0) is 10.2 Å². The van der Waals surface area contributed by atoms with Crippen LogP contribution in [0.4, 0.5) is 0 Å². The van der Waals surface area contributed by atoms with Crippen molar-refractivity contribution in [3.05, 3.63) is 29.3 Å². The predicted octanol–water partition coefficient (Wildman–Crippen LogP) is 3.32. The Morgan fingerprint density at radius 2 is 2.06 bits per heavy atom. The highest BCUT2D eigenvalue weighted by Gasteiger charge is 2.47. The SMILES string of the molecule is COc1cccc(C2(C(=O)O)CCC2)c1C(C)C. The van der Waals surface area contributed by atoms with Gasteiger partial charge in [-0.25, -0.2) is 0 Å². The fourth-order valence-electron chi connectivity index (χ4n) is 2.86. The van der Waals surface area contributed by atoms with Crippen molar-refractivity contribution < 1.29 is 14.6 Å². The van der Waals surface area contributed by atoms with Gasteiger partial charge in [-0.2, -0.15) is 0 Å². The monoisotopic (exact) mass is 248 g/mol. The summed E-state index contributed by atoms with van der Waals surface area (Å²) in [6, 6.07) is 5.75. The average Bonchev–Trinajstić information content (AvgIpc) is 2.26. The molecule has 1 saturated carbocycles. The number of benzene rings is 1. The molecule has 0 amide bonds. The smallest absolute Gasteiger partial charge is 0.314 e. The zero-order valence-electron chi connectivity index (χ0n) is 11.2. The number of rotatable bonds is 4. The third kappa shape index (κ3) is 1.78. The molecule has 1 fully saturated rings. The van der Waals surface area contributed by atoms with Gasteiger partial charge in [-0.05, 0) is 30.4 Å². The van der Waals surface area contributed by atoms with Crippen LogP contribution < -0.4 is 4.74 Å².